The van der Waals surface area contributed by atoms with Crippen LogP contribution in [0.4, 0.5) is 0 Å². The van der Waals surface area contributed by atoms with Gasteiger partial charge in [0.05, 0.1) is 5.60 Å². The molecule has 3 rings (SSSR count). The van der Waals surface area contributed by atoms with Gasteiger partial charge < -0.3 is 10.4 Å². The standard InChI is InChI=1S/C19H29NO/c1-14-4-5-15-6-7-17(16(15)12-14)20-13-19(21)10-8-18(2,3)9-11-19/h4-5,12,17,20-21H,6-11,13H2,1-3H3. The lowest BCUT2D eigenvalue weighted by atomic mass is 9.71. The fourth-order valence-electron chi connectivity index (χ4n) is 3.82. The number of aliphatic hydroxyl groups is 1. The Hall–Kier alpha value is -0.860. The maximum atomic E-state index is 10.8. The SMILES string of the molecule is Cc1ccc2c(c1)C(NCC1(O)CCC(C)(C)CC1)CC2. The van der Waals surface area contributed by atoms with Gasteiger partial charge in [0.2, 0.25) is 0 Å². The van der Waals surface area contributed by atoms with Crippen LogP contribution in [-0.4, -0.2) is 17.3 Å². The van der Waals surface area contributed by atoms with Crippen molar-refractivity contribution in [2.45, 2.75) is 70.9 Å². The summed E-state index contributed by atoms with van der Waals surface area (Å²) in [4.78, 5) is 0. The van der Waals surface area contributed by atoms with E-state index in [1.165, 1.54) is 29.5 Å². The van der Waals surface area contributed by atoms with E-state index in [0.717, 1.165) is 32.2 Å². The van der Waals surface area contributed by atoms with Gasteiger partial charge in [0, 0.05) is 12.6 Å². The third-order valence-corrected chi connectivity index (χ3v) is 5.59. The van der Waals surface area contributed by atoms with Gasteiger partial charge in [-0.25, -0.2) is 0 Å². The van der Waals surface area contributed by atoms with Gasteiger partial charge in [0.1, 0.15) is 0 Å². The molecule has 2 aliphatic rings. The molecule has 0 spiro atoms. The maximum absolute atomic E-state index is 10.8. The Morgan fingerprint density at radius 2 is 1.90 bits per heavy atom. The Labute approximate surface area is 129 Å². The number of nitrogens with one attached hydrogen (secondary N) is 1. The molecule has 1 saturated carbocycles. The van der Waals surface area contributed by atoms with E-state index in [-0.39, 0.29) is 0 Å². The summed E-state index contributed by atoms with van der Waals surface area (Å²) in [7, 11) is 0. The van der Waals surface area contributed by atoms with Crippen LogP contribution in [0.1, 0.15) is 68.7 Å². The predicted octanol–water partition coefficient (Wildman–Crippen LogP) is 3.90. The van der Waals surface area contributed by atoms with Gasteiger partial charge in [-0.1, -0.05) is 37.6 Å². The summed E-state index contributed by atoms with van der Waals surface area (Å²) >= 11 is 0. The second-order valence-corrected chi connectivity index (χ2v) is 8.06. The molecule has 0 saturated heterocycles. The van der Waals surface area contributed by atoms with Gasteiger partial charge >= 0.3 is 0 Å². The Morgan fingerprint density at radius 1 is 1.19 bits per heavy atom. The minimum atomic E-state index is -0.498. The first-order chi connectivity index (χ1) is 9.87. The number of benzene rings is 1. The molecule has 1 aromatic rings. The third kappa shape index (κ3) is 3.32. The summed E-state index contributed by atoms with van der Waals surface area (Å²) in [6.07, 6.45) is 6.46. The van der Waals surface area contributed by atoms with Crippen molar-refractivity contribution in [3.63, 3.8) is 0 Å². The zero-order chi connectivity index (χ0) is 15.1. The molecule has 1 aromatic carbocycles. The molecular formula is C19H29NO. The fourth-order valence-corrected chi connectivity index (χ4v) is 3.82. The summed E-state index contributed by atoms with van der Waals surface area (Å²) in [5.41, 5.74) is 4.18. The van der Waals surface area contributed by atoms with Crippen molar-refractivity contribution in [1.29, 1.82) is 0 Å². The molecule has 116 valence electrons. The second-order valence-electron chi connectivity index (χ2n) is 8.06. The third-order valence-electron chi connectivity index (χ3n) is 5.59. The van der Waals surface area contributed by atoms with E-state index < -0.39 is 5.60 Å². The summed E-state index contributed by atoms with van der Waals surface area (Å²) in [6, 6.07) is 7.22. The van der Waals surface area contributed by atoms with E-state index in [1.54, 1.807) is 0 Å². The van der Waals surface area contributed by atoms with E-state index >= 15 is 0 Å². The molecule has 0 aromatic heterocycles. The largest absolute Gasteiger partial charge is 0.389 e. The fraction of sp³-hybridized carbons (Fsp3) is 0.684. The highest BCUT2D eigenvalue weighted by molar-refractivity contribution is 5.37. The van der Waals surface area contributed by atoms with Crippen molar-refractivity contribution < 1.29 is 5.11 Å². The van der Waals surface area contributed by atoms with Crippen LogP contribution in [0.2, 0.25) is 0 Å². The number of rotatable bonds is 3. The number of fused-ring (bicyclic) bond motifs is 1. The molecule has 2 N–H and O–H groups in total. The molecule has 2 nitrogen and oxygen atoms in total. The molecule has 1 atom stereocenters. The van der Waals surface area contributed by atoms with Gasteiger partial charge in [-0.3, -0.25) is 0 Å². The van der Waals surface area contributed by atoms with Crippen molar-refractivity contribution in [3.05, 3.63) is 34.9 Å². The molecule has 0 heterocycles. The molecule has 1 unspecified atom stereocenters. The first-order valence-electron chi connectivity index (χ1n) is 8.42. The molecule has 21 heavy (non-hydrogen) atoms. The van der Waals surface area contributed by atoms with Gasteiger partial charge in [0.15, 0.2) is 0 Å². The molecule has 2 aliphatic carbocycles. The lowest BCUT2D eigenvalue weighted by Crippen LogP contribution is -2.45. The molecular weight excluding hydrogens is 258 g/mol. The average Bonchev–Trinajstić information content (AvgIpc) is 2.83. The van der Waals surface area contributed by atoms with Crippen molar-refractivity contribution in [2.24, 2.45) is 5.41 Å². The van der Waals surface area contributed by atoms with E-state index in [1.807, 2.05) is 0 Å². The number of hydrogen-bond donors (Lipinski definition) is 2. The van der Waals surface area contributed by atoms with Crippen LogP contribution in [0.3, 0.4) is 0 Å². The molecule has 0 amide bonds. The van der Waals surface area contributed by atoms with Crippen molar-refractivity contribution in [2.75, 3.05) is 6.54 Å². The Kier molecular flexibility index (Phi) is 3.87. The maximum Gasteiger partial charge on any atom is 0.0772 e. The number of hydrogen-bond acceptors (Lipinski definition) is 2. The van der Waals surface area contributed by atoms with Gasteiger partial charge in [-0.15, -0.1) is 0 Å². The number of aryl methyl sites for hydroxylation is 2. The van der Waals surface area contributed by atoms with Crippen molar-refractivity contribution in [3.8, 4) is 0 Å². The van der Waals surface area contributed by atoms with E-state index in [4.69, 9.17) is 0 Å². The van der Waals surface area contributed by atoms with Gasteiger partial charge in [-0.2, -0.15) is 0 Å². The molecule has 1 fully saturated rings. The topological polar surface area (TPSA) is 32.3 Å². The smallest absolute Gasteiger partial charge is 0.0772 e. The van der Waals surface area contributed by atoms with Crippen LogP contribution < -0.4 is 5.32 Å². The van der Waals surface area contributed by atoms with E-state index in [9.17, 15) is 5.11 Å². The molecule has 0 radical (unpaired) electrons. The van der Waals surface area contributed by atoms with Crippen LogP contribution in [0.25, 0.3) is 0 Å². The first kappa shape index (κ1) is 15.1. The van der Waals surface area contributed by atoms with Crippen molar-refractivity contribution in [1.82, 2.24) is 5.32 Å². The summed E-state index contributed by atoms with van der Waals surface area (Å²) in [5, 5.41) is 14.5. The lowest BCUT2D eigenvalue weighted by Gasteiger charge is -2.40. The highest BCUT2D eigenvalue weighted by atomic mass is 16.3. The van der Waals surface area contributed by atoms with Crippen molar-refractivity contribution >= 4 is 0 Å². The minimum Gasteiger partial charge on any atom is -0.389 e. The highest BCUT2D eigenvalue weighted by Gasteiger charge is 2.37. The quantitative estimate of drug-likeness (QED) is 0.883. The minimum absolute atomic E-state index is 0.406. The molecule has 0 aliphatic heterocycles. The summed E-state index contributed by atoms with van der Waals surface area (Å²) in [5.74, 6) is 0. The van der Waals surface area contributed by atoms with Crippen LogP contribution in [0.5, 0.6) is 0 Å². The summed E-state index contributed by atoms with van der Waals surface area (Å²) in [6.45, 7) is 7.53. The zero-order valence-electron chi connectivity index (χ0n) is 13.7. The Balaban J connectivity index is 1.61. The normalized spacial score (nSPS) is 26.6. The molecule has 0 bridgehead atoms. The average molecular weight is 287 g/mol. The monoisotopic (exact) mass is 287 g/mol. The predicted molar refractivity (Wildman–Crippen MR) is 87.4 cm³/mol. The Bertz CT molecular complexity index is 510. The van der Waals surface area contributed by atoms with Crippen LogP contribution >= 0.6 is 0 Å². The lowest BCUT2D eigenvalue weighted by molar-refractivity contribution is -0.0261. The van der Waals surface area contributed by atoms with Gasteiger partial charge in [-0.05, 0) is 62.0 Å². The second kappa shape index (κ2) is 5.40. The van der Waals surface area contributed by atoms with E-state index in [2.05, 4.69) is 44.3 Å². The first-order valence-corrected chi connectivity index (χ1v) is 8.42. The van der Waals surface area contributed by atoms with Crippen LogP contribution in [0, 0.1) is 12.3 Å². The Morgan fingerprint density at radius 3 is 2.62 bits per heavy atom. The van der Waals surface area contributed by atoms with E-state index in [0.29, 0.717) is 11.5 Å². The zero-order valence-corrected chi connectivity index (χ0v) is 13.7. The highest BCUT2D eigenvalue weighted by Crippen LogP contribution is 2.40. The molecule has 2 heteroatoms. The van der Waals surface area contributed by atoms with Gasteiger partial charge in [0.25, 0.3) is 0 Å². The van der Waals surface area contributed by atoms with Crippen LogP contribution in [-0.2, 0) is 6.42 Å². The van der Waals surface area contributed by atoms with Crippen LogP contribution in [0.15, 0.2) is 18.2 Å². The summed E-state index contributed by atoms with van der Waals surface area (Å²) < 4.78 is 0.